The average Bonchev–Trinajstić information content (AvgIpc) is 1.33. The van der Waals surface area contributed by atoms with Crippen molar-refractivity contribution < 1.29 is 46.5 Å². The lowest BCUT2D eigenvalue weighted by Gasteiger charge is -2.19. The van der Waals surface area contributed by atoms with Crippen LogP contribution in [0.2, 0.25) is 20.1 Å². The minimum Gasteiger partial charge on any atom is -0.494 e. The van der Waals surface area contributed by atoms with Crippen molar-refractivity contribution in [1.29, 1.82) is 0 Å². The molecule has 1 heterocycles. The van der Waals surface area contributed by atoms with Crippen LogP contribution < -0.4 is 4.74 Å². The molecule has 2 N–H and O–H groups in total. The number of rotatable bonds is 29. The SMILES string of the molecule is C/C(=C/C(C)C)c1ccc(Cl)cc1Cl.C/C(=C/C(C)C)c1ccc(F)c(F)c1.C/C(=C/C(C)C)c1ccccc1F.C/C(=C\C(C)C)c1ccc(Cl)cc1C.C=C(Cc1ccc(Cl)cc1)C(C)C.C=C(Cc1ccc(F)cc1)C(C)C.CC(C)CC(=O)O.CC(C)CCC1=NC(c2ccccc2)C=C1.CC(C)CCN(C)C(=O)CC(C)C.COc1ccc(C(O)CC(C)C)cc1F. The Morgan fingerprint density at radius 1 is 0.477 bits per heavy atom. The van der Waals surface area contributed by atoms with E-state index in [0.717, 1.165) is 82.1 Å². The molecule has 8 aromatic carbocycles. The average molecular weight is 1900 g/mol. The molecule has 0 spiro atoms. The lowest BCUT2D eigenvalue weighted by Crippen LogP contribution is -2.29. The number of nitrogens with zero attached hydrogens (tertiary/aromatic N) is 2. The van der Waals surface area contributed by atoms with Crippen molar-refractivity contribution in [3.05, 3.63) is 336 Å². The third kappa shape index (κ3) is 57.0. The summed E-state index contributed by atoms with van der Waals surface area (Å²) < 4.78 is 69.4. The van der Waals surface area contributed by atoms with Gasteiger partial charge in [-0.25, -0.2) is 22.0 Å². The molecule has 8 aromatic rings. The minimum atomic E-state index is -0.800. The fourth-order valence-corrected chi connectivity index (χ4v) is 13.6. The van der Waals surface area contributed by atoms with Gasteiger partial charge in [-0.3, -0.25) is 14.6 Å². The molecule has 0 aromatic heterocycles. The number of carboxylic acids is 1. The van der Waals surface area contributed by atoms with Gasteiger partial charge in [-0.1, -0.05) is 350 Å². The summed E-state index contributed by atoms with van der Waals surface area (Å²) in [5, 5.41) is 20.8. The quantitative estimate of drug-likeness (QED) is 0.0359. The second-order valence-corrected chi connectivity index (χ2v) is 39.4. The molecule has 9 rings (SSSR count). The monoisotopic (exact) mass is 1900 g/mol. The molecule has 0 radical (unpaired) electrons. The number of allylic oxidation sites excluding steroid dienone is 11. The Bertz CT molecular complexity index is 4730. The number of hydrogen-bond donors (Lipinski definition) is 2. The summed E-state index contributed by atoms with van der Waals surface area (Å²) in [6, 6.07) is 52.3. The van der Waals surface area contributed by atoms with Gasteiger partial charge in [0.1, 0.15) is 11.6 Å². The summed E-state index contributed by atoms with van der Waals surface area (Å²) >= 11 is 23.6. The molecule has 132 heavy (non-hydrogen) atoms. The summed E-state index contributed by atoms with van der Waals surface area (Å²) in [5.74, 6) is 2.99. The number of carbonyl (C=O) groups is 2. The van der Waals surface area contributed by atoms with Crippen LogP contribution in [0.4, 0.5) is 22.0 Å². The van der Waals surface area contributed by atoms with Crippen molar-refractivity contribution in [2.24, 2.45) is 70.1 Å². The van der Waals surface area contributed by atoms with Crippen molar-refractivity contribution >= 4 is 86.3 Å². The van der Waals surface area contributed by atoms with Gasteiger partial charge in [-0.15, -0.1) is 0 Å². The third-order valence-electron chi connectivity index (χ3n) is 20.1. The Kier molecular flexibility index (Phi) is 62.8. The van der Waals surface area contributed by atoms with E-state index in [9.17, 15) is 36.6 Å². The maximum atomic E-state index is 13.3. The number of aliphatic hydroxyl groups is 1. The van der Waals surface area contributed by atoms with E-state index < -0.39 is 29.5 Å². The number of carbonyl (C=O) groups excluding carboxylic acids is 1. The highest BCUT2D eigenvalue weighted by atomic mass is 35.5. The number of aliphatic imine (C=N–C) groups is 1. The first-order chi connectivity index (χ1) is 61.7. The number of ether oxygens (including phenoxy) is 1. The molecule has 0 fully saturated rings. The van der Waals surface area contributed by atoms with E-state index in [4.69, 9.17) is 61.2 Å². The maximum absolute atomic E-state index is 13.3. The molecule has 0 aliphatic carbocycles. The van der Waals surface area contributed by atoms with E-state index >= 15 is 0 Å². The van der Waals surface area contributed by atoms with Crippen molar-refractivity contribution in [1.82, 2.24) is 4.90 Å². The second kappa shape index (κ2) is 67.3. The fourth-order valence-electron chi connectivity index (χ4n) is 12.7. The van der Waals surface area contributed by atoms with Gasteiger partial charge >= 0.3 is 5.97 Å². The van der Waals surface area contributed by atoms with Crippen LogP contribution >= 0.6 is 46.4 Å². The normalized spacial score (nSPS) is 12.6. The molecule has 2 unspecified atom stereocenters. The van der Waals surface area contributed by atoms with E-state index in [1.807, 2.05) is 140 Å². The highest BCUT2D eigenvalue weighted by molar-refractivity contribution is 6.35. The summed E-state index contributed by atoms with van der Waals surface area (Å²) in [5.41, 5.74) is 17.5. The van der Waals surface area contributed by atoms with Gasteiger partial charge in [-0.2, -0.15) is 0 Å². The summed E-state index contributed by atoms with van der Waals surface area (Å²) in [6.07, 6.45) is 19.1. The van der Waals surface area contributed by atoms with Crippen molar-refractivity contribution in [3.8, 4) is 5.75 Å². The number of aliphatic carboxylic acids is 1. The Hall–Kier alpha value is -8.88. The van der Waals surface area contributed by atoms with Crippen LogP contribution in [0, 0.1) is 101 Å². The fraction of sp³-hybridized carbons (Fsp3) is 0.440. The highest BCUT2D eigenvalue weighted by Gasteiger charge is 2.17. The predicted octanol–water partition coefficient (Wildman–Crippen LogP) is 36.1. The molecular formula is C116H159Cl4F5N2O5. The van der Waals surface area contributed by atoms with Gasteiger partial charge in [0.25, 0.3) is 0 Å². The molecule has 7 nitrogen and oxygen atoms in total. The van der Waals surface area contributed by atoms with Crippen LogP contribution in [0.1, 0.15) is 281 Å². The van der Waals surface area contributed by atoms with Crippen LogP contribution in [0.5, 0.6) is 5.75 Å². The van der Waals surface area contributed by atoms with Crippen LogP contribution in [0.15, 0.2) is 242 Å². The number of aryl methyl sites for hydroxylation is 1. The van der Waals surface area contributed by atoms with Gasteiger partial charge in [0, 0.05) is 57.8 Å². The molecule has 0 saturated carbocycles. The molecule has 0 bridgehead atoms. The number of halogens is 9. The Morgan fingerprint density at radius 2 is 0.939 bits per heavy atom. The number of aliphatic hydroxyl groups excluding tert-OH is 1. The van der Waals surface area contributed by atoms with Crippen LogP contribution in [0.3, 0.4) is 0 Å². The molecule has 16 heteroatoms. The first-order valence-electron chi connectivity index (χ1n) is 46.4. The highest BCUT2D eigenvalue weighted by Crippen LogP contribution is 2.31. The zero-order valence-electron chi connectivity index (χ0n) is 84.9. The lowest BCUT2D eigenvalue weighted by atomic mass is 9.97. The van der Waals surface area contributed by atoms with Gasteiger partial charge < -0.3 is 19.8 Å². The van der Waals surface area contributed by atoms with Crippen molar-refractivity contribution in [2.45, 2.75) is 250 Å². The van der Waals surface area contributed by atoms with E-state index in [0.29, 0.717) is 87.3 Å². The van der Waals surface area contributed by atoms with Gasteiger partial charge in [0.15, 0.2) is 23.2 Å². The summed E-state index contributed by atoms with van der Waals surface area (Å²) in [6.45, 7) is 65.4. The zero-order chi connectivity index (χ0) is 101. The van der Waals surface area contributed by atoms with Crippen LogP contribution in [-0.2, 0) is 22.4 Å². The van der Waals surface area contributed by atoms with Crippen LogP contribution in [-0.4, -0.2) is 53.4 Å². The largest absolute Gasteiger partial charge is 0.494 e. The maximum Gasteiger partial charge on any atom is 0.303 e. The number of hydrogen-bond acceptors (Lipinski definition) is 5. The van der Waals surface area contributed by atoms with Crippen molar-refractivity contribution in [3.63, 3.8) is 0 Å². The first-order valence-corrected chi connectivity index (χ1v) is 47.9. The smallest absolute Gasteiger partial charge is 0.303 e. The van der Waals surface area contributed by atoms with E-state index in [1.165, 1.54) is 100 Å². The van der Waals surface area contributed by atoms with E-state index in [-0.39, 0.29) is 41.7 Å². The van der Waals surface area contributed by atoms with E-state index in [1.54, 1.807) is 24.3 Å². The summed E-state index contributed by atoms with van der Waals surface area (Å²) in [7, 11) is 3.32. The van der Waals surface area contributed by atoms with E-state index in [2.05, 4.69) is 218 Å². The van der Waals surface area contributed by atoms with Gasteiger partial charge in [0.05, 0.1) is 19.3 Å². The predicted molar refractivity (Wildman–Crippen MR) is 563 cm³/mol. The molecule has 2 atom stereocenters. The summed E-state index contributed by atoms with van der Waals surface area (Å²) in [4.78, 5) is 27.9. The molecule has 1 aliphatic rings. The number of benzene rings is 8. The number of amides is 1. The number of carboxylic acid groups (broad SMARTS) is 1. The number of methoxy groups -OCH3 is 1. The topological polar surface area (TPSA) is 99.4 Å². The molecule has 726 valence electrons. The van der Waals surface area contributed by atoms with Crippen LogP contribution in [0.25, 0.3) is 22.3 Å². The Labute approximate surface area is 815 Å². The molecule has 0 saturated heterocycles. The molecule has 1 aliphatic heterocycles. The van der Waals surface area contributed by atoms with Crippen molar-refractivity contribution in [2.75, 3.05) is 20.7 Å². The Balaban J connectivity index is 0.00000145. The van der Waals surface area contributed by atoms with Gasteiger partial charge in [-0.05, 0) is 290 Å². The minimum absolute atomic E-state index is 0.142. The zero-order valence-corrected chi connectivity index (χ0v) is 87.9. The standard InChI is InChI=1S/C15H19N.C13H17Cl.C12H14Cl2.C12H15Cl.C12H14F2.C12H17FO2.2C12H15F.C11H23NO.C5H10O2/c1-12(2)8-9-14-10-11-15(16-14)13-6-4-3-5-7-13;1-9(2)7-10(3)13-6-5-12(14)8-11(13)4;1-8(2)6-9(3)11-5-4-10(13)7-12(11)14;1-9(2)10(3)8-11-4-6-12(13)7-5-11;1-8(2)6-9(3)10-4-5-11(13)12(14)7-10;1-8(2)6-11(14)9-4-5-12(15-3)10(13)7-9;1-9(2)10(3)8-11-4-6-12(13)7-5-11;1-9(2)8-10(3)11-6-4-5-7-12(11)13;1-9(2)6-7-12(5)11(13)8-10(3)4;1-4(2)3-5(6)7/h3-7,10-12,15H,8-9H2,1-2H3;5-9H,1-4H3;4-8H,1-3H3;4-7,9H,3,8H2,1-2H3;4-8H,1-3H3;4-5,7-8,11,14H,6H2,1-3H3;4-7,9H,3,8H2,1-2H3;4-9H,1-3H3;9-10H,6-8H2,1-5H3;4H,3H2,1-2H3,(H,6,7)/b;10-7+;9-6-;;9-6-;;;10-8-;;. The molecular weight excluding hydrogens is 1740 g/mol. The third-order valence-corrected chi connectivity index (χ3v) is 21.1. The first kappa shape index (κ1) is 123. The van der Waals surface area contributed by atoms with Gasteiger partial charge in [0.2, 0.25) is 5.91 Å². The Morgan fingerprint density at radius 3 is 1.37 bits per heavy atom. The lowest BCUT2D eigenvalue weighted by molar-refractivity contribution is -0.137. The molecule has 1 amide bonds. The second-order valence-electron chi connectivity index (χ2n) is 37.7.